The van der Waals surface area contributed by atoms with E-state index >= 15 is 0 Å². The van der Waals surface area contributed by atoms with Gasteiger partial charge in [-0.15, -0.1) is 0 Å². The predicted octanol–water partition coefficient (Wildman–Crippen LogP) is 2.50. The molecule has 1 aliphatic rings. The Morgan fingerprint density at radius 3 is 1.45 bits per heavy atom. The van der Waals surface area contributed by atoms with Gasteiger partial charge in [-0.3, -0.25) is 25.0 Å². The molecule has 0 atom stereocenters. The zero-order valence-corrected chi connectivity index (χ0v) is 23.2. The normalized spacial score (nSPS) is 16.5. The lowest BCUT2D eigenvalue weighted by Gasteiger charge is -2.24. The van der Waals surface area contributed by atoms with Gasteiger partial charge in [-0.2, -0.15) is 0 Å². The van der Waals surface area contributed by atoms with Crippen molar-refractivity contribution in [3.05, 3.63) is 67.8 Å². The van der Waals surface area contributed by atoms with Crippen molar-refractivity contribution in [2.75, 3.05) is 86.3 Å². The van der Waals surface area contributed by atoms with E-state index in [0.29, 0.717) is 39.6 Å². The lowest BCUT2D eigenvalue weighted by atomic mass is 9.93. The molecule has 1 fully saturated rings. The number of rotatable bonds is 5. The molecule has 1 amide bonds. The summed E-state index contributed by atoms with van der Waals surface area (Å²) in [5.74, 6) is -1.46. The fraction of sp³-hybridized carbons (Fsp3) is 0.481. The lowest BCUT2D eigenvalue weighted by molar-refractivity contribution is -0.385. The van der Waals surface area contributed by atoms with E-state index in [1.807, 2.05) is 0 Å². The maximum absolute atomic E-state index is 13.9. The maximum atomic E-state index is 13.9. The SMILES string of the molecule is COC(=O)c1cc([N+](=O)[O-])ccc1-c1ccc([N+](=O)[O-])cc1C(=O)N1CCOCCOCCOCCOCCOCC1. The molecule has 1 saturated heterocycles. The molecule has 0 aromatic heterocycles. The third-order valence-electron chi connectivity index (χ3n) is 6.14. The first-order valence-corrected chi connectivity index (χ1v) is 13.2. The molecule has 0 spiro atoms. The minimum atomic E-state index is -0.875. The molecule has 0 N–H and O–H groups in total. The first kappa shape index (κ1) is 32.5. The molecule has 42 heavy (non-hydrogen) atoms. The molecule has 1 aliphatic heterocycles. The van der Waals surface area contributed by atoms with Gasteiger partial charge in [0.25, 0.3) is 17.3 Å². The van der Waals surface area contributed by atoms with Gasteiger partial charge < -0.3 is 33.3 Å². The van der Waals surface area contributed by atoms with Crippen molar-refractivity contribution in [2.24, 2.45) is 0 Å². The van der Waals surface area contributed by atoms with Crippen LogP contribution in [0, 0.1) is 20.2 Å². The van der Waals surface area contributed by atoms with Crippen molar-refractivity contribution >= 4 is 23.3 Å². The Kier molecular flexibility index (Phi) is 13.2. The highest BCUT2D eigenvalue weighted by Crippen LogP contribution is 2.33. The van der Waals surface area contributed by atoms with Crippen molar-refractivity contribution in [2.45, 2.75) is 0 Å². The Hall–Kier alpha value is -4.02. The fourth-order valence-corrected chi connectivity index (χ4v) is 4.03. The number of amides is 1. The molecular weight excluding hydrogens is 558 g/mol. The number of carbonyl (C=O) groups excluding carboxylic acids is 2. The largest absolute Gasteiger partial charge is 0.465 e. The first-order valence-electron chi connectivity index (χ1n) is 13.2. The zero-order chi connectivity index (χ0) is 30.3. The molecule has 15 nitrogen and oxygen atoms in total. The minimum absolute atomic E-state index is 0.0861. The molecule has 0 unspecified atom stereocenters. The van der Waals surface area contributed by atoms with Crippen LogP contribution in [0.2, 0.25) is 0 Å². The van der Waals surface area contributed by atoms with E-state index in [0.717, 1.165) is 19.2 Å². The van der Waals surface area contributed by atoms with Crippen molar-refractivity contribution in [1.29, 1.82) is 0 Å². The maximum Gasteiger partial charge on any atom is 0.338 e. The highest BCUT2D eigenvalue weighted by Gasteiger charge is 2.26. The number of nitro benzene ring substituents is 2. The van der Waals surface area contributed by atoms with Crippen LogP contribution >= 0.6 is 0 Å². The summed E-state index contributed by atoms with van der Waals surface area (Å²) in [6, 6.07) is 7.13. The number of ether oxygens (including phenoxy) is 6. The third-order valence-corrected chi connectivity index (χ3v) is 6.14. The van der Waals surface area contributed by atoms with Crippen LogP contribution in [0.15, 0.2) is 36.4 Å². The van der Waals surface area contributed by atoms with Crippen LogP contribution in [0.25, 0.3) is 11.1 Å². The number of nitrogens with zero attached hydrogens (tertiary/aromatic N) is 3. The van der Waals surface area contributed by atoms with Crippen molar-refractivity contribution in [1.82, 2.24) is 4.90 Å². The Morgan fingerprint density at radius 1 is 0.667 bits per heavy atom. The molecule has 0 bridgehead atoms. The topological polar surface area (TPSA) is 179 Å². The smallest absolute Gasteiger partial charge is 0.338 e. The van der Waals surface area contributed by atoms with Gasteiger partial charge in [0.15, 0.2) is 0 Å². The summed E-state index contributed by atoms with van der Waals surface area (Å²) in [5, 5.41) is 23.0. The number of non-ortho nitro benzene ring substituents is 2. The predicted molar refractivity (Wildman–Crippen MR) is 147 cm³/mol. The van der Waals surface area contributed by atoms with E-state index in [1.54, 1.807) is 0 Å². The van der Waals surface area contributed by atoms with Gasteiger partial charge in [0.2, 0.25) is 0 Å². The Morgan fingerprint density at radius 2 is 1.05 bits per heavy atom. The molecule has 2 aromatic carbocycles. The summed E-state index contributed by atoms with van der Waals surface area (Å²) in [6.45, 7) is 3.33. The summed E-state index contributed by atoms with van der Waals surface area (Å²) in [6.07, 6.45) is 0. The van der Waals surface area contributed by atoms with Gasteiger partial charge in [-0.05, 0) is 23.3 Å². The van der Waals surface area contributed by atoms with Gasteiger partial charge >= 0.3 is 5.97 Å². The average Bonchev–Trinajstić information content (AvgIpc) is 2.99. The lowest BCUT2D eigenvalue weighted by Crippen LogP contribution is -2.37. The monoisotopic (exact) mass is 591 g/mol. The van der Waals surface area contributed by atoms with Crippen molar-refractivity contribution in [3.8, 4) is 11.1 Å². The second-order valence-corrected chi connectivity index (χ2v) is 8.82. The number of nitro groups is 2. The standard InChI is InChI=1S/C27H33N3O12/c1-37-27(32)25-19-21(30(35)36)3-5-23(25)22-4-2-20(29(33)34)18-24(22)26(31)28-6-8-38-10-12-40-14-16-42-17-15-41-13-11-39-9-7-28/h2-5,18-19H,6-17H2,1H3. The zero-order valence-electron chi connectivity index (χ0n) is 23.2. The van der Waals surface area contributed by atoms with E-state index in [9.17, 15) is 29.8 Å². The Labute approximate surface area is 241 Å². The van der Waals surface area contributed by atoms with Crippen molar-refractivity contribution in [3.63, 3.8) is 0 Å². The van der Waals surface area contributed by atoms with Gasteiger partial charge in [0, 0.05) is 37.4 Å². The number of hydrogen-bond acceptors (Lipinski definition) is 12. The van der Waals surface area contributed by atoms with E-state index in [1.165, 1.54) is 29.2 Å². The summed E-state index contributed by atoms with van der Waals surface area (Å²) < 4.78 is 32.4. The van der Waals surface area contributed by atoms with Crippen LogP contribution in [0.3, 0.4) is 0 Å². The van der Waals surface area contributed by atoms with Crippen LogP contribution in [-0.2, 0) is 28.4 Å². The second kappa shape index (κ2) is 17.1. The van der Waals surface area contributed by atoms with Crippen LogP contribution in [0.4, 0.5) is 11.4 Å². The highest BCUT2D eigenvalue weighted by atomic mass is 16.6. The van der Waals surface area contributed by atoms with Crippen LogP contribution in [0.1, 0.15) is 20.7 Å². The molecule has 3 rings (SSSR count). The number of hydrogen-bond donors (Lipinski definition) is 0. The molecular formula is C27H33N3O12. The van der Waals surface area contributed by atoms with Crippen LogP contribution in [-0.4, -0.2) is 113 Å². The molecule has 1 heterocycles. The van der Waals surface area contributed by atoms with E-state index in [2.05, 4.69) is 0 Å². The number of carbonyl (C=O) groups is 2. The second-order valence-electron chi connectivity index (χ2n) is 8.82. The molecule has 0 saturated carbocycles. The van der Waals surface area contributed by atoms with Gasteiger partial charge in [-0.25, -0.2) is 4.79 Å². The number of benzene rings is 2. The molecule has 0 aliphatic carbocycles. The van der Waals surface area contributed by atoms with Crippen LogP contribution < -0.4 is 0 Å². The summed E-state index contributed by atoms with van der Waals surface area (Å²) in [4.78, 5) is 49.6. The van der Waals surface area contributed by atoms with Crippen LogP contribution in [0.5, 0.6) is 0 Å². The first-order chi connectivity index (χ1) is 20.3. The molecule has 2 aromatic rings. The Bertz CT molecular complexity index is 1220. The quantitative estimate of drug-likeness (QED) is 0.282. The van der Waals surface area contributed by atoms with Gasteiger partial charge in [0.05, 0.1) is 94.2 Å². The molecule has 15 heteroatoms. The minimum Gasteiger partial charge on any atom is -0.465 e. The van der Waals surface area contributed by atoms with Gasteiger partial charge in [0.1, 0.15) is 0 Å². The third kappa shape index (κ3) is 9.53. The van der Waals surface area contributed by atoms with Crippen molar-refractivity contribution < 1.29 is 47.9 Å². The highest BCUT2D eigenvalue weighted by molar-refractivity contribution is 6.05. The summed E-state index contributed by atoms with van der Waals surface area (Å²) in [5.41, 5.74) is -0.681. The summed E-state index contributed by atoms with van der Waals surface area (Å²) >= 11 is 0. The van der Waals surface area contributed by atoms with E-state index < -0.39 is 21.7 Å². The number of esters is 1. The van der Waals surface area contributed by atoms with E-state index in [-0.39, 0.29) is 73.1 Å². The van der Waals surface area contributed by atoms with Gasteiger partial charge in [-0.1, -0.05) is 0 Å². The Balaban J connectivity index is 1.94. The average molecular weight is 592 g/mol. The van der Waals surface area contributed by atoms with E-state index in [4.69, 9.17) is 28.4 Å². The fourth-order valence-electron chi connectivity index (χ4n) is 4.03. The molecule has 0 radical (unpaired) electrons. The summed E-state index contributed by atoms with van der Waals surface area (Å²) in [7, 11) is 1.12. The number of methoxy groups -OCH3 is 1. The molecule has 228 valence electrons.